The average molecular weight is 311 g/mol. The minimum atomic E-state index is -3.78. The first-order valence-electron chi connectivity index (χ1n) is 6.43. The molecule has 1 heterocycles. The molecule has 0 aromatic carbocycles. The van der Waals surface area contributed by atoms with E-state index in [9.17, 15) is 13.2 Å². The van der Waals surface area contributed by atoms with Crippen molar-refractivity contribution >= 4 is 16.0 Å². The van der Waals surface area contributed by atoms with Crippen LogP contribution in [0.5, 0.6) is 0 Å². The Hall–Kier alpha value is -1.98. The van der Waals surface area contributed by atoms with Gasteiger partial charge in [-0.25, -0.2) is 18.1 Å². The van der Waals surface area contributed by atoms with Crippen LogP contribution < -0.4 is 4.72 Å². The first-order chi connectivity index (χ1) is 9.86. The molecule has 0 amide bonds. The molecule has 0 saturated carbocycles. The number of pyridine rings is 1. The summed E-state index contributed by atoms with van der Waals surface area (Å²) in [5, 5.41) is 17.4. The van der Waals surface area contributed by atoms with Crippen LogP contribution in [0.15, 0.2) is 23.2 Å². The standard InChI is InChI=1S/C13H17N3O4S/c1-10(4-5-13(17)18)6-8-16-21(19,20)12-3-2-7-15-11(12)9-14/h2-3,7,10,16H,4-6,8H2,1H3,(H,17,18). The molecule has 1 unspecified atom stereocenters. The molecular formula is C13H17N3O4S. The molecule has 1 atom stereocenters. The summed E-state index contributed by atoms with van der Waals surface area (Å²) in [6.07, 6.45) is 2.43. The number of nitrogens with one attached hydrogen (secondary N) is 1. The van der Waals surface area contributed by atoms with Crippen LogP contribution >= 0.6 is 0 Å². The molecule has 0 fully saturated rings. The molecule has 114 valence electrons. The second-order valence-electron chi connectivity index (χ2n) is 4.69. The Bertz CT molecular complexity index is 637. The molecule has 0 saturated heterocycles. The smallest absolute Gasteiger partial charge is 0.303 e. The highest BCUT2D eigenvalue weighted by atomic mass is 32.2. The normalized spacial score (nSPS) is 12.6. The molecule has 7 nitrogen and oxygen atoms in total. The first kappa shape index (κ1) is 17.1. The lowest BCUT2D eigenvalue weighted by Crippen LogP contribution is -2.27. The molecule has 1 aromatic heterocycles. The number of carboxylic acid groups (broad SMARTS) is 1. The summed E-state index contributed by atoms with van der Waals surface area (Å²) in [5.74, 6) is -0.774. The summed E-state index contributed by atoms with van der Waals surface area (Å²) in [6.45, 7) is 2.05. The van der Waals surface area contributed by atoms with E-state index in [0.29, 0.717) is 12.8 Å². The molecule has 0 aliphatic rings. The molecule has 0 aliphatic carbocycles. The second-order valence-corrected chi connectivity index (χ2v) is 6.42. The van der Waals surface area contributed by atoms with Crippen molar-refractivity contribution in [3.05, 3.63) is 24.0 Å². The Morgan fingerprint density at radius 3 is 2.86 bits per heavy atom. The van der Waals surface area contributed by atoms with Crippen LogP contribution in [0.25, 0.3) is 0 Å². The van der Waals surface area contributed by atoms with Crippen molar-refractivity contribution in [1.82, 2.24) is 9.71 Å². The minimum Gasteiger partial charge on any atom is -0.481 e. The van der Waals surface area contributed by atoms with Crippen molar-refractivity contribution in [3.63, 3.8) is 0 Å². The fourth-order valence-electron chi connectivity index (χ4n) is 1.72. The van der Waals surface area contributed by atoms with Crippen molar-refractivity contribution in [2.24, 2.45) is 5.92 Å². The van der Waals surface area contributed by atoms with Gasteiger partial charge in [0.25, 0.3) is 0 Å². The van der Waals surface area contributed by atoms with E-state index in [2.05, 4.69) is 9.71 Å². The Balaban J connectivity index is 2.58. The van der Waals surface area contributed by atoms with Crippen LogP contribution in [-0.4, -0.2) is 31.0 Å². The summed E-state index contributed by atoms with van der Waals surface area (Å²) in [4.78, 5) is 14.0. The number of carbonyl (C=O) groups is 1. The van der Waals surface area contributed by atoms with E-state index in [4.69, 9.17) is 10.4 Å². The van der Waals surface area contributed by atoms with Gasteiger partial charge in [-0.05, 0) is 30.9 Å². The average Bonchev–Trinajstić information content (AvgIpc) is 2.44. The Morgan fingerprint density at radius 2 is 2.24 bits per heavy atom. The maximum atomic E-state index is 12.1. The zero-order valence-electron chi connectivity index (χ0n) is 11.6. The van der Waals surface area contributed by atoms with Gasteiger partial charge in [-0.3, -0.25) is 4.79 Å². The number of nitriles is 1. The van der Waals surface area contributed by atoms with E-state index in [-0.39, 0.29) is 29.5 Å². The van der Waals surface area contributed by atoms with E-state index >= 15 is 0 Å². The van der Waals surface area contributed by atoms with Gasteiger partial charge in [0, 0.05) is 19.2 Å². The van der Waals surface area contributed by atoms with Crippen molar-refractivity contribution in [1.29, 1.82) is 5.26 Å². The van der Waals surface area contributed by atoms with Gasteiger partial charge >= 0.3 is 5.97 Å². The van der Waals surface area contributed by atoms with Gasteiger partial charge in [-0.1, -0.05) is 6.92 Å². The van der Waals surface area contributed by atoms with Crippen molar-refractivity contribution in [3.8, 4) is 6.07 Å². The molecule has 1 aromatic rings. The second kappa shape index (κ2) is 7.71. The SMILES string of the molecule is CC(CCNS(=O)(=O)c1cccnc1C#N)CCC(=O)O. The molecule has 1 rings (SSSR count). The number of hydrogen-bond acceptors (Lipinski definition) is 5. The molecule has 0 bridgehead atoms. The molecule has 0 spiro atoms. The van der Waals surface area contributed by atoms with Gasteiger partial charge in [0.2, 0.25) is 10.0 Å². The number of hydrogen-bond donors (Lipinski definition) is 2. The van der Waals surface area contributed by atoms with Crippen LogP contribution in [0.4, 0.5) is 0 Å². The summed E-state index contributed by atoms with van der Waals surface area (Å²) < 4.78 is 26.5. The van der Waals surface area contributed by atoms with Gasteiger partial charge in [0.05, 0.1) is 0 Å². The fourth-order valence-corrected chi connectivity index (χ4v) is 2.88. The lowest BCUT2D eigenvalue weighted by Gasteiger charge is -2.11. The van der Waals surface area contributed by atoms with Gasteiger partial charge in [0.15, 0.2) is 5.69 Å². The van der Waals surface area contributed by atoms with E-state index < -0.39 is 16.0 Å². The number of nitrogens with zero attached hydrogens (tertiary/aromatic N) is 2. The molecule has 2 N–H and O–H groups in total. The number of sulfonamides is 1. The minimum absolute atomic E-state index is 0.0646. The number of carboxylic acids is 1. The van der Waals surface area contributed by atoms with Crippen LogP contribution in [0.2, 0.25) is 0 Å². The van der Waals surface area contributed by atoms with E-state index in [1.54, 1.807) is 6.07 Å². The molecule has 0 radical (unpaired) electrons. The third-order valence-electron chi connectivity index (χ3n) is 2.95. The van der Waals surface area contributed by atoms with Crippen molar-refractivity contribution < 1.29 is 18.3 Å². The topological polar surface area (TPSA) is 120 Å². The highest BCUT2D eigenvalue weighted by molar-refractivity contribution is 7.89. The Labute approximate surface area is 123 Å². The summed E-state index contributed by atoms with van der Waals surface area (Å²) in [7, 11) is -3.78. The maximum Gasteiger partial charge on any atom is 0.303 e. The largest absolute Gasteiger partial charge is 0.481 e. The fraction of sp³-hybridized carbons (Fsp3) is 0.462. The third-order valence-corrected chi connectivity index (χ3v) is 4.44. The molecule has 21 heavy (non-hydrogen) atoms. The number of rotatable bonds is 8. The number of aliphatic carboxylic acids is 1. The van der Waals surface area contributed by atoms with Gasteiger partial charge in [-0.15, -0.1) is 0 Å². The summed E-state index contributed by atoms with van der Waals surface area (Å²) in [5.41, 5.74) is -0.149. The highest BCUT2D eigenvalue weighted by Crippen LogP contribution is 2.13. The lowest BCUT2D eigenvalue weighted by molar-refractivity contribution is -0.137. The highest BCUT2D eigenvalue weighted by Gasteiger charge is 2.19. The van der Waals surface area contributed by atoms with E-state index in [1.165, 1.54) is 18.3 Å². The van der Waals surface area contributed by atoms with Crippen LogP contribution in [0.3, 0.4) is 0 Å². The predicted octanol–water partition coefficient (Wildman–Crippen LogP) is 1.12. The zero-order chi connectivity index (χ0) is 15.9. The van der Waals surface area contributed by atoms with Crippen LogP contribution in [-0.2, 0) is 14.8 Å². The van der Waals surface area contributed by atoms with Crippen molar-refractivity contribution in [2.75, 3.05) is 6.54 Å². The quantitative estimate of drug-likeness (QED) is 0.742. The van der Waals surface area contributed by atoms with E-state index in [1.807, 2.05) is 6.92 Å². The molecular weight excluding hydrogens is 294 g/mol. The monoisotopic (exact) mass is 311 g/mol. The van der Waals surface area contributed by atoms with Crippen LogP contribution in [0.1, 0.15) is 31.9 Å². The third kappa shape index (κ3) is 5.49. The van der Waals surface area contributed by atoms with Gasteiger partial charge < -0.3 is 5.11 Å². The lowest BCUT2D eigenvalue weighted by atomic mass is 10.0. The Kier molecular flexibility index (Phi) is 6.27. The first-order valence-corrected chi connectivity index (χ1v) is 7.91. The summed E-state index contributed by atoms with van der Waals surface area (Å²) in [6, 6.07) is 4.51. The zero-order valence-corrected chi connectivity index (χ0v) is 12.4. The van der Waals surface area contributed by atoms with Crippen LogP contribution in [0, 0.1) is 17.2 Å². The maximum absolute atomic E-state index is 12.1. The predicted molar refractivity (Wildman–Crippen MR) is 74.8 cm³/mol. The Morgan fingerprint density at radius 1 is 1.52 bits per heavy atom. The van der Waals surface area contributed by atoms with Gasteiger partial charge in [0.1, 0.15) is 11.0 Å². The molecule has 8 heteroatoms. The summed E-state index contributed by atoms with van der Waals surface area (Å²) >= 11 is 0. The van der Waals surface area contributed by atoms with Gasteiger partial charge in [-0.2, -0.15) is 5.26 Å². The van der Waals surface area contributed by atoms with E-state index in [0.717, 1.165) is 0 Å². The van der Waals surface area contributed by atoms with Crippen molar-refractivity contribution in [2.45, 2.75) is 31.1 Å². The molecule has 0 aliphatic heterocycles. The number of aromatic nitrogens is 1.